The first kappa shape index (κ1) is 10.7. The zero-order valence-electron chi connectivity index (χ0n) is 9.91. The van der Waals surface area contributed by atoms with Gasteiger partial charge in [-0.1, -0.05) is 42.0 Å². The Bertz CT molecular complexity index is 510. The van der Waals surface area contributed by atoms with Crippen LogP contribution in [0.1, 0.15) is 16.7 Å². The molecule has 0 amide bonds. The van der Waals surface area contributed by atoms with Gasteiger partial charge in [0, 0.05) is 5.56 Å². The smallest absolute Gasteiger partial charge is 0.126 e. The van der Waals surface area contributed by atoms with Gasteiger partial charge >= 0.3 is 0 Å². The van der Waals surface area contributed by atoms with E-state index in [4.69, 9.17) is 0 Å². The molecule has 0 aliphatic rings. The van der Waals surface area contributed by atoms with Crippen molar-refractivity contribution in [3.05, 3.63) is 53.1 Å². The molecule has 0 aromatic heterocycles. The van der Waals surface area contributed by atoms with Crippen LogP contribution >= 0.6 is 0 Å². The van der Waals surface area contributed by atoms with Gasteiger partial charge in [-0.2, -0.15) is 0 Å². The van der Waals surface area contributed by atoms with Crippen molar-refractivity contribution in [2.75, 3.05) is 0 Å². The molecule has 0 aliphatic heterocycles. The van der Waals surface area contributed by atoms with Crippen LogP contribution in [-0.2, 0) is 0 Å². The molecule has 0 saturated heterocycles. The third-order valence-electron chi connectivity index (χ3n) is 3.06. The maximum Gasteiger partial charge on any atom is 0.126 e. The number of phenols is 1. The predicted molar refractivity (Wildman–Crippen MR) is 67.8 cm³/mol. The van der Waals surface area contributed by atoms with Gasteiger partial charge in [-0.05, 0) is 37.5 Å². The van der Waals surface area contributed by atoms with E-state index in [2.05, 4.69) is 19.1 Å². The fraction of sp³-hybridized carbons (Fsp3) is 0.200. The number of aryl methyl sites for hydroxylation is 2. The second-order valence-electron chi connectivity index (χ2n) is 4.27. The summed E-state index contributed by atoms with van der Waals surface area (Å²) in [5, 5.41) is 10.1. The minimum atomic E-state index is 0.392. The van der Waals surface area contributed by atoms with Crippen LogP contribution in [0.15, 0.2) is 36.4 Å². The molecule has 2 aromatic rings. The summed E-state index contributed by atoms with van der Waals surface area (Å²) in [5.74, 6) is 0.392. The summed E-state index contributed by atoms with van der Waals surface area (Å²) in [5.41, 5.74) is 5.27. The van der Waals surface area contributed by atoms with Crippen LogP contribution in [-0.4, -0.2) is 5.11 Å². The standard InChI is InChI=1S/C15H16O/c1-10-4-7-13(8-5-10)14-9-6-11(2)12(3)15(14)16/h4-9,16H,1-3H3. The molecule has 0 atom stereocenters. The van der Waals surface area contributed by atoms with Gasteiger partial charge in [0.05, 0.1) is 0 Å². The van der Waals surface area contributed by atoms with Gasteiger partial charge < -0.3 is 5.11 Å². The Morgan fingerprint density at radius 2 is 1.44 bits per heavy atom. The van der Waals surface area contributed by atoms with Crippen LogP contribution in [0.5, 0.6) is 5.75 Å². The minimum Gasteiger partial charge on any atom is -0.507 e. The minimum absolute atomic E-state index is 0.392. The van der Waals surface area contributed by atoms with Crippen molar-refractivity contribution in [2.24, 2.45) is 0 Å². The quantitative estimate of drug-likeness (QED) is 0.758. The molecule has 0 fully saturated rings. The monoisotopic (exact) mass is 212 g/mol. The Kier molecular flexibility index (Phi) is 2.69. The predicted octanol–water partition coefficient (Wildman–Crippen LogP) is 3.98. The van der Waals surface area contributed by atoms with Crippen LogP contribution in [0.4, 0.5) is 0 Å². The topological polar surface area (TPSA) is 20.2 Å². The van der Waals surface area contributed by atoms with E-state index in [1.54, 1.807) is 0 Å². The van der Waals surface area contributed by atoms with Crippen molar-refractivity contribution in [2.45, 2.75) is 20.8 Å². The number of hydrogen-bond acceptors (Lipinski definition) is 1. The SMILES string of the molecule is Cc1ccc(-c2ccc(C)c(C)c2O)cc1. The Balaban J connectivity index is 2.57. The lowest BCUT2D eigenvalue weighted by molar-refractivity contribution is 0.472. The maximum atomic E-state index is 10.1. The first-order valence-corrected chi connectivity index (χ1v) is 5.46. The van der Waals surface area contributed by atoms with Gasteiger partial charge in [0.15, 0.2) is 0 Å². The lowest BCUT2D eigenvalue weighted by Gasteiger charge is -2.10. The van der Waals surface area contributed by atoms with Crippen LogP contribution < -0.4 is 0 Å². The lowest BCUT2D eigenvalue weighted by Crippen LogP contribution is -1.86. The molecular weight excluding hydrogens is 196 g/mol. The van der Waals surface area contributed by atoms with Crippen LogP contribution in [0.25, 0.3) is 11.1 Å². The third-order valence-corrected chi connectivity index (χ3v) is 3.06. The van der Waals surface area contributed by atoms with E-state index in [9.17, 15) is 5.11 Å². The highest BCUT2D eigenvalue weighted by molar-refractivity contribution is 5.72. The van der Waals surface area contributed by atoms with Crippen LogP contribution in [0.3, 0.4) is 0 Å². The fourth-order valence-corrected chi connectivity index (χ4v) is 1.77. The molecule has 1 heteroatoms. The van der Waals surface area contributed by atoms with E-state index in [1.807, 2.05) is 38.1 Å². The molecule has 82 valence electrons. The summed E-state index contributed by atoms with van der Waals surface area (Å²) in [6, 6.07) is 12.2. The van der Waals surface area contributed by atoms with Crippen molar-refractivity contribution in [3.8, 4) is 16.9 Å². The van der Waals surface area contributed by atoms with Crippen LogP contribution in [0, 0.1) is 20.8 Å². The van der Waals surface area contributed by atoms with E-state index < -0.39 is 0 Å². The molecule has 1 nitrogen and oxygen atoms in total. The first-order chi connectivity index (χ1) is 7.59. The van der Waals surface area contributed by atoms with E-state index in [0.717, 1.165) is 22.3 Å². The van der Waals surface area contributed by atoms with Crippen molar-refractivity contribution < 1.29 is 5.11 Å². The highest BCUT2D eigenvalue weighted by atomic mass is 16.3. The van der Waals surface area contributed by atoms with Gasteiger partial charge in [0.1, 0.15) is 5.75 Å². The Morgan fingerprint density at radius 3 is 2.06 bits per heavy atom. The number of benzene rings is 2. The maximum absolute atomic E-state index is 10.1. The summed E-state index contributed by atoms with van der Waals surface area (Å²) < 4.78 is 0. The normalized spacial score (nSPS) is 10.4. The molecule has 2 rings (SSSR count). The summed E-state index contributed by atoms with van der Waals surface area (Å²) in [4.78, 5) is 0. The number of rotatable bonds is 1. The molecule has 0 radical (unpaired) electrons. The number of aromatic hydroxyl groups is 1. The second-order valence-corrected chi connectivity index (χ2v) is 4.27. The van der Waals surface area contributed by atoms with E-state index >= 15 is 0 Å². The Morgan fingerprint density at radius 1 is 0.812 bits per heavy atom. The van der Waals surface area contributed by atoms with Gasteiger partial charge in [-0.25, -0.2) is 0 Å². The number of phenolic OH excluding ortho intramolecular Hbond substituents is 1. The van der Waals surface area contributed by atoms with Crippen molar-refractivity contribution in [1.29, 1.82) is 0 Å². The molecular formula is C15H16O. The van der Waals surface area contributed by atoms with Gasteiger partial charge in [0.25, 0.3) is 0 Å². The van der Waals surface area contributed by atoms with Crippen molar-refractivity contribution >= 4 is 0 Å². The molecule has 0 saturated carbocycles. The zero-order chi connectivity index (χ0) is 11.7. The summed E-state index contributed by atoms with van der Waals surface area (Å²) in [7, 11) is 0. The Labute approximate surface area is 96.4 Å². The summed E-state index contributed by atoms with van der Waals surface area (Å²) in [6.45, 7) is 6.01. The highest BCUT2D eigenvalue weighted by Crippen LogP contribution is 2.33. The van der Waals surface area contributed by atoms with E-state index in [0.29, 0.717) is 5.75 Å². The zero-order valence-corrected chi connectivity index (χ0v) is 9.91. The van der Waals surface area contributed by atoms with E-state index in [1.165, 1.54) is 5.56 Å². The second kappa shape index (κ2) is 4.01. The molecule has 0 unspecified atom stereocenters. The van der Waals surface area contributed by atoms with Gasteiger partial charge in [-0.15, -0.1) is 0 Å². The fourth-order valence-electron chi connectivity index (χ4n) is 1.77. The number of hydrogen-bond donors (Lipinski definition) is 1. The molecule has 1 N–H and O–H groups in total. The average Bonchev–Trinajstić information content (AvgIpc) is 2.28. The van der Waals surface area contributed by atoms with Gasteiger partial charge in [-0.3, -0.25) is 0 Å². The van der Waals surface area contributed by atoms with Crippen LogP contribution in [0.2, 0.25) is 0 Å². The molecule has 16 heavy (non-hydrogen) atoms. The van der Waals surface area contributed by atoms with E-state index in [-0.39, 0.29) is 0 Å². The average molecular weight is 212 g/mol. The summed E-state index contributed by atoms with van der Waals surface area (Å²) >= 11 is 0. The summed E-state index contributed by atoms with van der Waals surface area (Å²) in [6.07, 6.45) is 0. The highest BCUT2D eigenvalue weighted by Gasteiger charge is 2.07. The molecule has 2 aromatic carbocycles. The third kappa shape index (κ3) is 1.81. The largest absolute Gasteiger partial charge is 0.507 e. The first-order valence-electron chi connectivity index (χ1n) is 5.46. The molecule has 0 bridgehead atoms. The lowest BCUT2D eigenvalue weighted by atomic mass is 9.98. The molecule has 0 aliphatic carbocycles. The van der Waals surface area contributed by atoms with Crippen molar-refractivity contribution in [1.82, 2.24) is 0 Å². The molecule has 0 heterocycles. The van der Waals surface area contributed by atoms with Gasteiger partial charge in [0.2, 0.25) is 0 Å². The molecule has 0 spiro atoms. The Hall–Kier alpha value is -1.76. The van der Waals surface area contributed by atoms with Crippen molar-refractivity contribution in [3.63, 3.8) is 0 Å².